The fourth-order valence-electron chi connectivity index (χ4n) is 1.74. The van der Waals surface area contributed by atoms with Crippen molar-refractivity contribution in [2.45, 2.75) is 13.0 Å². The number of hydrogen-bond donors (Lipinski definition) is 1. The molecule has 0 aliphatic heterocycles. The first kappa shape index (κ1) is 16.7. The molecule has 2 rings (SSSR count). The van der Waals surface area contributed by atoms with E-state index < -0.39 is 5.82 Å². The zero-order chi connectivity index (χ0) is 15.6. The maximum absolute atomic E-state index is 13.5. The zero-order valence-corrected chi connectivity index (χ0v) is 15.3. The fourth-order valence-corrected chi connectivity index (χ4v) is 2.93. The van der Waals surface area contributed by atoms with Gasteiger partial charge in [0.15, 0.2) is 0 Å². The van der Waals surface area contributed by atoms with E-state index in [-0.39, 0.29) is 11.1 Å². The largest absolute Gasteiger partial charge is 0.455 e. The summed E-state index contributed by atoms with van der Waals surface area (Å²) >= 11 is 12.5. The van der Waals surface area contributed by atoms with Crippen LogP contribution in [0.2, 0.25) is 5.02 Å². The van der Waals surface area contributed by atoms with Crippen molar-refractivity contribution in [3.8, 4) is 11.5 Å². The van der Waals surface area contributed by atoms with E-state index in [1.165, 1.54) is 12.1 Å². The molecule has 6 heteroatoms. The highest BCUT2D eigenvalue weighted by Gasteiger charge is 2.12. The normalized spacial score (nSPS) is 12.3. The van der Waals surface area contributed by atoms with Gasteiger partial charge >= 0.3 is 0 Å². The van der Waals surface area contributed by atoms with Crippen molar-refractivity contribution in [3.63, 3.8) is 0 Å². The van der Waals surface area contributed by atoms with E-state index in [1.54, 1.807) is 0 Å². The molecular formula is C15H13Br2ClFNO. The average Bonchev–Trinajstić information content (AvgIpc) is 2.45. The Hall–Kier alpha value is -0.620. The van der Waals surface area contributed by atoms with Crippen molar-refractivity contribution in [1.29, 1.82) is 0 Å². The highest BCUT2D eigenvalue weighted by atomic mass is 79.9. The van der Waals surface area contributed by atoms with Gasteiger partial charge in [0, 0.05) is 12.1 Å². The molecule has 2 nitrogen and oxygen atoms in total. The standard InChI is InChI=1S/C15H13Br2ClFNO/c1-8(20-2)9-3-4-14(10(16)5-9)21-15-7-13(19)12(18)6-11(15)17/h3-8,20H,1-2H3. The van der Waals surface area contributed by atoms with Crippen LogP contribution in [0.15, 0.2) is 39.3 Å². The molecule has 0 aliphatic rings. The first-order chi connectivity index (χ1) is 9.92. The molecule has 2 aromatic carbocycles. The van der Waals surface area contributed by atoms with Crippen LogP contribution in [0.25, 0.3) is 0 Å². The van der Waals surface area contributed by atoms with Gasteiger partial charge in [-0.15, -0.1) is 0 Å². The van der Waals surface area contributed by atoms with Gasteiger partial charge in [0.25, 0.3) is 0 Å². The summed E-state index contributed by atoms with van der Waals surface area (Å²) in [6.45, 7) is 2.06. The van der Waals surface area contributed by atoms with Crippen molar-refractivity contribution < 1.29 is 9.13 Å². The Labute approximate surface area is 144 Å². The second kappa shape index (κ2) is 7.09. The van der Waals surface area contributed by atoms with Crippen LogP contribution in [0.3, 0.4) is 0 Å². The Morgan fingerprint density at radius 3 is 2.43 bits per heavy atom. The van der Waals surface area contributed by atoms with E-state index in [0.717, 1.165) is 10.0 Å². The summed E-state index contributed by atoms with van der Waals surface area (Å²) in [6.07, 6.45) is 0. The minimum atomic E-state index is -0.522. The molecule has 0 saturated carbocycles. The van der Waals surface area contributed by atoms with E-state index in [2.05, 4.69) is 44.1 Å². The average molecular weight is 438 g/mol. The van der Waals surface area contributed by atoms with Gasteiger partial charge in [-0.05, 0) is 69.6 Å². The minimum absolute atomic E-state index is 0.0477. The Morgan fingerprint density at radius 2 is 1.81 bits per heavy atom. The molecule has 0 heterocycles. The quantitative estimate of drug-likeness (QED) is 0.586. The lowest BCUT2D eigenvalue weighted by atomic mass is 10.1. The summed E-state index contributed by atoms with van der Waals surface area (Å²) in [5.41, 5.74) is 1.12. The Balaban J connectivity index is 2.30. The first-order valence-electron chi connectivity index (χ1n) is 6.21. The number of benzene rings is 2. The zero-order valence-electron chi connectivity index (χ0n) is 11.4. The highest BCUT2D eigenvalue weighted by Crippen LogP contribution is 2.37. The lowest BCUT2D eigenvalue weighted by molar-refractivity contribution is 0.470. The van der Waals surface area contributed by atoms with Crippen LogP contribution < -0.4 is 10.1 Å². The number of rotatable bonds is 4. The molecule has 0 spiro atoms. The topological polar surface area (TPSA) is 21.3 Å². The van der Waals surface area contributed by atoms with Gasteiger partial charge < -0.3 is 10.1 Å². The van der Waals surface area contributed by atoms with E-state index in [9.17, 15) is 4.39 Å². The van der Waals surface area contributed by atoms with Crippen molar-refractivity contribution in [2.24, 2.45) is 0 Å². The molecule has 0 amide bonds. The van der Waals surface area contributed by atoms with Crippen LogP contribution in [0, 0.1) is 5.82 Å². The summed E-state index contributed by atoms with van der Waals surface area (Å²) < 4.78 is 20.6. The van der Waals surface area contributed by atoms with Crippen LogP contribution in [0.4, 0.5) is 4.39 Å². The van der Waals surface area contributed by atoms with Crippen LogP contribution in [-0.2, 0) is 0 Å². The maximum atomic E-state index is 13.5. The molecule has 0 fully saturated rings. The molecule has 0 radical (unpaired) electrons. The molecule has 1 N–H and O–H groups in total. The highest BCUT2D eigenvalue weighted by molar-refractivity contribution is 9.11. The van der Waals surface area contributed by atoms with Crippen molar-refractivity contribution in [3.05, 3.63) is 55.7 Å². The van der Waals surface area contributed by atoms with Gasteiger partial charge in [-0.2, -0.15) is 0 Å². The molecule has 0 saturated heterocycles. The number of hydrogen-bond acceptors (Lipinski definition) is 2. The molecule has 0 bridgehead atoms. The number of nitrogens with one attached hydrogen (secondary N) is 1. The minimum Gasteiger partial charge on any atom is -0.455 e. The first-order valence-corrected chi connectivity index (χ1v) is 8.18. The van der Waals surface area contributed by atoms with Gasteiger partial charge in [0.05, 0.1) is 14.0 Å². The van der Waals surface area contributed by atoms with E-state index in [1.807, 2.05) is 25.2 Å². The predicted molar refractivity (Wildman–Crippen MR) is 90.8 cm³/mol. The molecule has 1 atom stereocenters. The third-order valence-electron chi connectivity index (χ3n) is 3.08. The van der Waals surface area contributed by atoms with Gasteiger partial charge in [-0.3, -0.25) is 0 Å². The lowest BCUT2D eigenvalue weighted by Gasteiger charge is -2.14. The maximum Gasteiger partial charge on any atom is 0.145 e. The van der Waals surface area contributed by atoms with Crippen molar-refractivity contribution >= 4 is 43.5 Å². The predicted octanol–water partition coefficient (Wildman–Crippen LogP) is 6.08. The summed E-state index contributed by atoms with van der Waals surface area (Å²) in [5, 5.41) is 3.21. The third kappa shape index (κ3) is 3.97. The van der Waals surface area contributed by atoms with E-state index >= 15 is 0 Å². The fraction of sp³-hybridized carbons (Fsp3) is 0.200. The molecule has 1 unspecified atom stereocenters. The van der Waals surface area contributed by atoms with E-state index in [0.29, 0.717) is 16.0 Å². The van der Waals surface area contributed by atoms with Crippen LogP contribution in [0.5, 0.6) is 11.5 Å². The van der Waals surface area contributed by atoms with Crippen LogP contribution in [-0.4, -0.2) is 7.05 Å². The van der Waals surface area contributed by atoms with Crippen molar-refractivity contribution in [2.75, 3.05) is 7.05 Å². The smallest absolute Gasteiger partial charge is 0.145 e. The van der Waals surface area contributed by atoms with Crippen LogP contribution >= 0.6 is 43.5 Å². The Morgan fingerprint density at radius 1 is 1.14 bits per heavy atom. The van der Waals surface area contributed by atoms with E-state index in [4.69, 9.17) is 16.3 Å². The third-order valence-corrected chi connectivity index (χ3v) is 4.61. The molecular weight excluding hydrogens is 424 g/mol. The molecule has 2 aromatic rings. The molecule has 112 valence electrons. The summed E-state index contributed by atoms with van der Waals surface area (Å²) in [7, 11) is 1.90. The van der Waals surface area contributed by atoms with Gasteiger partial charge in [0.1, 0.15) is 17.3 Å². The second-order valence-corrected chi connectivity index (χ2v) is 6.61. The Bertz CT molecular complexity index is 666. The molecule has 0 aliphatic carbocycles. The van der Waals surface area contributed by atoms with Gasteiger partial charge in [-0.25, -0.2) is 4.39 Å². The SMILES string of the molecule is CNC(C)c1ccc(Oc2cc(F)c(Cl)cc2Br)c(Br)c1. The monoisotopic (exact) mass is 435 g/mol. The Kier molecular flexibility index (Phi) is 5.66. The summed E-state index contributed by atoms with van der Waals surface area (Å²) in [6, 6.07) is 8.72. The van der Waals surface area contributed by atoms with Gasteiger partial charge in [-0.1, -0.05) is 17.7 Å². The number of ether oxygens (including phenoxy) is 1. The molecule has 0 aromatic heterocycles. The summed E-state index contributed by atoms with van der Waals surface area (Å²) in [5.74, 6) is 0.447. The molecule has 21 heavy (non-hydrogen) atoms. The lowest BCUT2D eigenvalue weighted by Crippen LogP contribution is -2.12. The van der Waals surface area contributed by atoms with Crippen molar-refractivity contribution in [1.82, 2.24) is 5.32 Å². The van der Waals surface area contributed by atoms with Crippen LogP contribution in [0.1, 0.15) is 18.5 Å². The number of halogens is 4. The van der Waals surface area contributed by atoms with Gasteiger partial charge in [0.2, 0.25) is 0 Å². The summed E-state index contributed by atoms with van der Waals surface area (Å²) in [4.78, 5) is 0. The second-order valence-electron chi connectivity index (χ2n) is 4.50.